The second-order valence-electron chi connectivity index (χ2n) is 6.43. The third-order valence-electron chi connectivity index (χ3n) is 4.78. The van der Waals surface area contributed by atoms with Crippen LogP contribution in [-0.4, -0.2) is 61.0 Å². The number of carbonyl (C=O) groups is 2. The Hall–Kier alpha value is -1.82. The van der Waals surface area contributed by atoms with Crippen molar-refractivity contribution >= 4 is 11.8 Å². The van der Waals surface area contributed by atoms with Crippen LogP contribution in [0, 0.1) is 5.92 Å². The van der Waals surface area contributed by atoms with Crippen molar-refractivity contribution in [2.45, 2.75) is 31.8 Å². The van der Waals surface area contributed by atoms with Crippen LogP contribution in [0.1, 0.15) is 36.0 Å². The van der Waals surface area contributed by atoms with Crippen LogP contribution in [-0.2, 0) is 9.53 Å². The maximum Gasteiger partial charge on any atom is 0.257 e. The highest BCUT2D eigenvalue weighted by Crippen LogP contribution is 2.22. The summed E-state index contributed by atoms with van der Waals surface area (Å²) in [6.07, 6.45) is 6.72. The third kappa shape index (κ3) is 3.75. The van der Waals surface area contributed by atoms with Gasteiger partial charge in [-0.25, -0.2) is 0 Å². The van der Waals surface area contributed by atoms with E-state index < -0.39 is 0 Å². The monoisotopic (exact) mass is 320 g/mol. The lowest BCUT2D eigenvalue weighted by molar-refractivity contribution is -0.137. The van der Waals surface area contributed by atoms with Crippen LogP contribution in [0.3, 0.4) is 0 Å². The first-order chi connectivity index (χ1) is 11.1. The van der Waals surface area contributed by atoms with Crippen LogP contribution in [0.15, 0.2) is 23.0 Å². The normalized spacial score (nSPS) is 22.3. The molecule has 0 spiro atoms. The van der Waals surface area contributed by atoms with Crippen molar-refractivity contribution in [1.82, 2.24) is 9.80 Å². The fraction of sp³-hybridized carbons (Fsp3) is 0.647. The molecule has 1 atom stereocenters. The van der Waals surface area contributed by atoms with Crippen LogP contribution in [0.4, 0.5) is 0 Å². The van der Waals surface area contributed by atoms with E-state index in [0.29, 0.717) is 25.2 Å². The van der Waals surface area contributed by atoms with E-state index >= 15 is 0 Å². The summed E-state index contributed by atoms with van der Waals surface area (Å²) in [7, 11) is 1.85. The van der Waals surface area contributed by atoms with E-state index in [1.807, 2.05) is 7.05 Å². The zero-order valence-corrected chi connectivity index (χ0v) is 13.6. The number of amides is 2. The molecule has 23 heavy (non-hydrogen) atoms. The summed E-state index contributed by atoms with van der Waals surface area (Å²) in [4.78, 5) is 28.4. The first-order valence-corrected chi connectivity index (χ1v) is 8.33. The van der Waals surface area contributed by atoms with Gasteiger partial charge in [-0.1, -0.05) is 0 Å². The van der Waals surface area contributed by atoms with Crippen molar-refractivity contribution in [1.29, 1.82) is 0 Å². The standard InChI is InChI=1S/C17H24N2O4/c1-18(11-15-3-2-9-23-15)16(20)13-4-7-19(8-5-13)17(21)14-6-10-22-12-14/h6,10,12-13,15H,2-5,7-9,11H2,1H3. The van der Waals surface area contributed by atoms with E-state index in [9.17, 15) is 9.59 Å². The van der Waals surface area contributed by atoms with E-state index in [2.05, 4.69) is 0 Å². The molecule has 1 aromatic heterocycles. The van der Waals surface area contributed by atoms with Gasteiger partial charge in [0.05, 0.1) is 17.9 Å². The van der Waals surface area contributed by atoms with E-state index in [0.717, 1.165) is 32.3 Å². The molecule has 3 heterocycles. The van der Waals surface area contributed by atoms with E-state index in [1.54, 1.807) is 15.9 Å². The second kappa shape index (κ2) is 7.17. The number of likely N-dealkylation sites (N-methyl/N-ethyl adjacent to an activating group) is 1. The number of carbonyl (C=O) groups excluding carboxylic acids is 2. The lowest BCUT2D eigenvalue weighted by Gasteiger charge is -2.33. The van der Waals surface area contributed by atoms with Crippen LogP contribution in [0.25, 0.3) is 0 Å². The second-order valence-corrected chi connectivity index (χ2v) is 6.43. The molecule has 1 aromatic rings. The average molecular weight is 320 g/mol. The Balaban J connectivity index is 1.48. The molecule has 2 saturated heterocycles. The molecule has 0 aromatic carbocycles. The molecular weight excluding hydrogens is 296 g/mol. The minimum atomic E-state index is -0.0163. The molecule has 0 aliphatic carbocycles. The number of rotatable bonds is 4. The zero-order valence-electron chi connectivity index (χ0n) is 13.6. The lowest BCUT2D eigenvalue weighted by atomic mass is 9.95. The predicted octanol–water partition coefficient (Wildman–Crippen LogP) is 1.77. The Morgan fingerprint density at radius 1 is 1.30 bits per heavy atom. The minimum Gasteiger partial charge on any atom is -0.472 e. The first kappa shape index (κ1) is 16.1. The molecule has 3 rings (SSSR count). The highest BCUT2D eigenvalue weighted by Gasteiger charge is 2.30. The van der Waals surface area contributed by atoms with Crippen LogP contribution in [0.5, 0.6) is 0 Å². The maximum atomic E-state index is 12.5. The number of hydrogen-bond acceptors (Lipinski definition) is 4. The van der Waals surface area contributed by atoms with E-state index in [-0.39, 0.29) is 23.8 Å². The van der Waals surface area contributed by atoms with Gasteiger partial charge in [-0.3, -0.25) is 9.59 Å². The van der Waals surface area contributed by atoms with Crippen molar-refractivity contribution in [2.24, 2.45) is 5.92 Å². The van der Waals surface area contributed by atoms with Crippen LogP contribution >= 0.6 is 0 Å². The molecular formula is C17H24N2O4. The molecule has 0 saturated carbocycles. The number of likely N-dealkylation sites (tertiary alicyclic amines) is 1. The van der Waals surface area contributed by atoms with E-state index in [4.69, 9.17) is 9.15 Å². The summed E-state index contributed by atoms with van der Waals surface area (Å²) in [6.45, 7) is 2.72. The van der Waals surface area contributed by atoms with Crippen molar-refractivity contribution in [3.8, 4) is 0 Å². The Morgan fingerprint density at radius 3 is 2.70 bits per heavy atom. The predicted molar refractivity (Wildman–Crippen MR) is 83.9 cm³/mol. The van der Waals surface area contributed by atoms with Gasteiger partial charge >= 0.3 is 0 Å². The van der Waals surface area contributed by atoms with Crippen molar-refractivity contribution in [2.75, 3.05) is 33.3 Å². The fourth-order valence-corrected chi connectivity index (χ4v) is 3.39. The quantitative estimate of drug-likeness (QED) is 0.848. The minimum absolute atomic E-state index is 0.00908. The Labute approximate surface area is 136 Å². The molecule has 0 radical (unpaired) electrons. The molecule has 0 bridgehead atoms. The summed E-state index contributed by atoms with van der Waals surface area (Å²) in [5, 5.41) is 0. The maximum absolute atomic E-state index is 12.5. The van der Waals surface area contributed by atoms with Gasteiger partial charge in [-0.2, -0.15) is 0 Å². The van der Waals surface area contributed by atoms with Gasteiger partial charge in [-0.05, 0) is 31.7 Å². The van der Waals surface area contributed by atoms with Gasteiger partial charge < -0.3 is 19.0 Å². The third-order valence-corrected chi connectivity index (χ3v) is 4.78. The lowest BCUT2D eigenvalue weighted by Crippen LogP contribution is -2.44. The van der Waals surface area contributed by atoms with Gasteiger partial charge in [0, 0.05) is 39.2 Å². The summed E-state index contributed by atoms with van der Waals surface area (Å²) in [5.41, 5.74) is 0.574. The SMILES string of the molecule is CN(CC1CCCO1)C(=O)C1CCN(C(=O)c2ccoc2)CC1. The Bertz CT molecular complexity index is 529. The highest BCUT2D eigenvalue weighted by molar-refractivity contribution is 5.94. The molecule has 1 unspecified atom stereocenters. The summed E-state index contributed by atoms with van der Waals surface area (Å²) in [6, 6.07) is 1.68. The summed E-state index contributed by atoms with van der Waals surface area (Å²) >= 11 is 0. The van der Waals surface area contributed by atoms with Crippen molar-refractivity contribution in [3.63, 3.8) is 0 Å². The van der Waals surface area contributed by atoms with Gasteiger partial charge in [0.1, 0.15) is 6.26 Å². The number of hydrogen-bond donors (Lipinski definition) is 0. The largest absolute Gasteiger partial charge is 0.472 e. The number of piperidine rings is 1. The molecule has 2 aliphatic rings. The number of ether oxygens (including phenoxy) is 1. The van der Waals surface area contributed by atoms with Crippen molar-refractivity contribution in [3.05, 3.63) is 24.2 Å². The number of furan rings is 1. The van der Waals surface area contributed by atoms with Gasteiger partial charge in [0.2, 0.25) is 5.91 Å². The van der Waals surface area contributed by atoms with Gasteiger partial charge in [0.25, 0.3) is 5.91 Å². The Morgan fingerprint density at radius 2 is 2.09 bits per heavy atom. The van der Waals surface area contributed by atoms with E-state index in [1.165, 1.54) is 12.5 Å². The molecule has 6 heteroatoms. The summed E-state index contributed by atoms with van der Waals surface area (Å²) in [5.74, 6) is 0.170. The molecule has 2 aliphatic heterocycles. The van der Waals surface area contributed by atoms with Gasteiger partial charge in [0.15, 0.2) is 0 Å². The fourth-order valence-electron chi connectivity index (χ4n) is 3.39. The van der Waals surface area contributed by atoms with Crippen LogP contribution < -0.4 is 0 Å². The zero-order chi connectivity index (χ0) is 16.2. The smallest absolute Gasteiger partial charge is 0.257 e. The van der Waals surface area contributed by atoms with Crippen LogP contribution in [0.2, 0.25) is 0 Å². The summed E-state index contributed by atoms with van der Waals surface area (Å²) < 4.78 is 10.6. The topological polar surface area (TPSA) is 63.0 Å². The van der Waals surface area contributed by atoms with Gasteiger partial charge in [-0.15, -0.1) is 0 Å². The highest BCUT2D eigenvalue weighted by atomic mass is 16.5. The molecule has 126 valence electrons. The number of nitrogens with zero attached hydrogens (tertiary/aromatic N) is 2. The Kier molecular flexibility index (Phi) is 5.00. The molecule has 6 nitrogen and oxygen atoms in total. The first-order valence-electron chi connectivity index (χ1n) is 8.33. The van der Waals surface area contributed by atoms with Crippen molar-refractivity contribution < 1.29 is 18.7 Å². The molecule has 2 fully saturated rings. The average Bonchev–Trinajstić information content (AvgIpc) is 3.27. The molecule has 2 amide bonds. The molecule has 0 N–H and O–H groups in total.